The van der Waals surface area contributed by atoms with E-state index in [-0.39, 0.29) is 11.8 Å². The lowest BCUT2D eigenvalue weighted by Gasteiger charge is -2.23. The molecule has 1 aliphatic carbocycles. The van der Waals surface area contributed by atoms with Crippen molar-refractivity contribution in [3.8, 4) is 0 Å². The Balaban J connectivity index is 1.76. The van der Waals surface area contributed by atoms with Crippen LogP contribution in [0.2, 0.25) is 0 Å². The SMILES string of the molecule is CC1CCC(NC(=O)[C@@H]2CCCNC2)C1. The zero-order valence-electron chi connectivity index (χ0n) is 9.59. The van der Waals surface area contributed by atoms with Crippen LogP contribution in [-0.4, -0.2) is 25.0 Å². The first-order valence-corrected chi connectivity index (χ1v) is 6.27. The summed E-state index contributed by atoms with van der Waals surface area (Å²) in [5, 5.41) is 6.49. The second kappa shape index (κ2) is 4.97. The second-order valence-electron chi connectivity index (χ2n) is 5.17. The summed E-state index contributed by atoms with van der Waals surface area (Å²) in [6, 6.07) is 0.453. The molecule has 2 N–H and O–H groups in total. The van der Waals surface area contributed by atoms with Crippen LogP contribution >= 0.6 is 0 Å². The molecule has 1 aliphatic heterocycles. The average Bonchev–Trinajstić information content (AvgIpc) is 2.65. The van der Waals surface area contributed by atoms with Crippen LogP contribution in [0.1, 0.15) is 39.0 Å². The molecule has 2 rings (SSSR count). The summed E-state index contributed by atoms with van der Waals surface area (Å²) in [6.07, 6.45) is 5.81. The predicted molar refractivity (Wildman–Crippen MR) is 60.5 cm³/mol. The van der Waals surface area contributed by atoms with Crippen LogP contribution < -0.4 is 10.6 Å². The molecule has 0 bridgehead atoms. The molecule has 0 aromatic rings. The standard InChI is InChI=1S/C12H22N2O/c1-9-4-5-11(7-9)14-12(15)10-3-2-6-13-8-10/h9-11,13H,2-8H2,1H3,(H,14,15)/t9?,10-,11?/m1/s1. The molecule has 3 nitrogen and oxygen atoms in total. The first kappa shape index (κ1) is 10.9. The highest BCUT2D eigenvalue weighted by molar-refractivity contribution is 5.79. The molecular weight excluding hydrogens is 188 g/mol. The lowest BCUT2D eigenvalue weighted by molar-refractivity contribution is -0.126. The predicted octanol–water partition coefficient (Wildman–Crippen LogP) is 1.29. The van der Waals surface area contributed by atoms with Gasteiger partial charge in [0.05, 0.1) is 5.92 Å². The zero-order valence-corrected chi connectivity index (χ0v) is 9.59. The van der Waals surface area contributed by atoms with E-state index in [1.807, 2.05) is 0 Å². The highest BCUT2D eigenvalue weighted by Crippen LogP contribution is 2.25. The highest BCUT2D eigenvalue weighted by atomic mass is 16.2. The molecule has 1 amide bonds. The van der Waals surface area contributed by atoms with E-state index in [1.54, 1.807) is 0 Å². The van der Waals surface area contributed by atoms with E-state index in [0.29, 0.717) is 6.04 Å². The van der Waals surface area contributed by atoms with E-state index >= 15 is 0 Å². The smallest absolute Gasteiger partial charge is 0.224 e. The Kier molecular flexibility index (Phi) is 3.62. The number of hydrogen-bond donors (Lipinski definition) is 2. The molecule has 2 fully saturated rings. The van der Waals surface area contributed by atoms with Gasteiger partial charge >= 0.3 is 0 Å². The van der Waals surface area contributed by atoms with E-state index < -0.39 is 0 Å². The Morgan fingerprint density at radius 2 is 2.20 bits per heavy atom. The van der Waals surface area contributed by atoms with Crippen molar-refractivity contribution in [1.82, 2.24) is 10.6 Å². The van der Waals surface area contributed by atoms with Crippen LogP contribution in [0.25, 0.3) is 0 Å². The Morgan fingerprint density at radius 1 is 1.33 bits per heavy atom. The molecule has 0 spiro atoms. The fraction of sp³-hybridized carbons (Fsp3) is 0.917. The van der Waals surface area contributed by atoms with Crippen LogP contribution in [0.5, 0.6) is 0 Å². The van der Waals surface area contributed by atoms with Crippen molar-refractivity contribution in [2.24, 2.45) is 11.8 Å². The summed E-state index contributed by atoms with van der Waals surface area (Å²) in [4.78, 5) is 11.9. The third-order valence-corrected chi connectivity index (χ3v) is 3.71. The molecule has 86 valence electrons. The summed E-state index contributed by atoms with van der Waals surface area (Å²) in [5.41, 5.74) is 0. The van der Waals surface area contributed by atoms with Crippen molar-refractivity contribution < 1.29 is 4.79 Å². The first-order valence-electron chi connectivity index (χ1n) is 6.27. The summed E-state index contributed by atoms with van der Waals surface area (Å²) in [6.45, 7) is 4.21. The fourth-order valence-electron chi connectivity index (χ4n) is 2.73. The molecule has 0 aromatic heterocycles. The van der Waals surface area contributed by atoms with Gasteiger partial charge in [-0.1, -0.05) is 6.92 Å². The quantitative estimate of drug-likeness (QED) is 0.721. The highest BCUT2D eigenvalue weighted by Gasteiger charge is 2.26. The van der Waals surface area contributed by atoms with Gasteiger partial charge in [0.2, 0.25) is 5.91 Å². The number of nitrogens with one attached hydrogen (secondary N) is 2. The minimum Gasteiger partial charge on any atom is -0.353 e. The van der Waals surface area contributed by atoms with Gasteiger partial charge in [-0.05, 0) is 44.6 Å². The summed E-state index contributed by atoms with van der Waals surface area (Å²) < 4.78 is 0. The number of piperidine rings is 1. The molecule has 2 unspecified atom stereocenters. The Hall–Kier alpha value is -0.570. The molecule has 1 saturated carbocycles. The van der Waals surface area contributed by atoms with Crippen molar-refractivity contribution in [3.05, 3.63) is 0 Å². The molecule has 1 saturated heterocycles. The third-order valence-electron chi connectivity index (χ3n) is 3.71. The van der Waals surface area contributed by atoms with E-state index in [4.69, 9.17) is 0 Å². The fourth-order valence-corrected chi connectivity index (χ4v) is 2.73. The molecule has 0 radical (unpaired) electrons. The van der Waals surface area contributed by atoms with Gasteiger partial charge in [-0.25, -0.2) is 0 Å². The molecule has 3 atom stereocenters. The van der Waals surface area contributed by atoms with Gasteiger partial charge in [-0.15, -0.1) is 0 Å². The maximum Gasteiger partial charge on any atom is 0.224 e. The summed E-state index contributed by atoms with van der Waals surface area (Å²) >= 11 is 0. The largest absolute Gasteiger partial charge is 0.353 e. The number of carbonyl (C=O) groups is 1. The van der Waals surface area contributed by atoms with Gasteiger partial charge in [0.25, 0.3) is 0 Å². The first-order chi connectivity index (χ1) is 7.25. The van der Waals surface area contributed by atoms with Crippen LogP contribution in [0, 0.1) is 11.8 Å². The third kappa shape index (κ3) is 2.94. The number of rotatable bonds is 2. The Morgan fingerprint density at radius 3 is 2.80 bits per heavy atom. The van der Waals surface area contributed by atoms with Crippen LogP contribution in [0.3, 0.4) is 0 Å². The van der Waals surface area contributed by atoms with E-state index in [0.717, 1.165) is 31.8 Å². The zero-order chi connectivity index (χ0) is 10.7. The minimum atomic E-state index is 0.217. The van der Waals surface area contributed by atoms with Crippen LogP contribution in [-0.2, 0) is 4.79 Å². The van der Waals surface area contributed by atoms with Gasteiger partial charge in [0.15, 0.2) is 0 Å². The van der Waals surface area contributed by atoms with Crippen LogP contribution in [0.4, 0.5) is 0 Å². The van der Waals surface area contributed by atoms with Gasteiger partial charge in [0, 0.05) is 12.6 Å². The van der Waals surface area contributed by atoms with Crippen molar-refractivity contribution in [2.75, 3.05) is 13.1 Å². The number of carbonyl (C=O) groups excluding carboxylic acids is 1. The molecule has 3 heteroatoms. The number of amides is 1. The molecule has 1 heterocycles. The molecule has 15 heavy (non-hydrogen) atoms. The second-order valence-corrected chi connectivity index (χ2v) is 5.17. The van der Waals surface area contributed by atoms with Gasteiger partial charge in [-0.3, -0.25) is 4.79 Å². The van der Waals surface area contributed by atoms with Crippen molar-refractivity contribution in [1.29, 1.82) is 0 Å². The van der Waals surface area contributed by atoms with E-state index in [2.05, 4.69) is 17.6 Å². The Bertz CT molecular complexity index is 224. The maximum atomic E-state index is 11.9. The van der Waals surface area contributed by atoms with Gasteiger partial charge in [0.1, 0.15) is 0 Å². The number of hydrogen-bond acceptors (Lipinski definition) is 2. The Labute approximate surface area is 92.0 Å². The summed E-state index contributed by atoms with van der Waals surface area (Å²) in [5.74, 6) is 1.29. The molecule has 2 aliphatic rings. The maximum absolute atomic E-state index is 11.9. The lowest BCUT2D eigenvalue weighted by Crippen LogP contribution is -2.43. The van der Waals surface area contributed by atoms with Gasteiger partial charge in [-0.2, -0.15) is 0 Å². The lowest BCUT2D eigenvalue weighted by atomic mass is 9.98. The van der Waals surface area contributed by atoms with Crippen molar-refractivity contribution >= 4 is 5.91 Å². The monoisotopic (exact) mass is 210 g/mol. The van der Waals surface area contributed by atoms with Crippen LogP contribution in [0.15, 0.2) is 0 Å². The van der Waals surface area contributed by atoms with E-state index in [1.165, 1.54) is 19.3 Å². The van der Waals surface area contributed by atoms with Crippen molar-refractivity contribution in [2.45, 2.75) is 45.1 Å². The normalized spacial score (nSPS) is 36.5. The van der Waals surface area contributed by atoms with E-state index in [9.17, 15) is 4.79 Å². The van der Waals surface area contributed by atoms with Crippen molar-refractivity contribution in [3.63, 3.8) is 0 Å². The summed E-state index contributed by atoms with van der Waals surface area (Å²) in [7, 11) is 0. The topological polar surface area (TPSA) is 41.1 Å². The molecule has 0 aromatic carbocycles. The van der Waals surface area contributed by atoms with Gasteiger partial charge < -0.3 is 10.6 Å². The minimum absolute atomic E-state index is 0.217. The average molecular weight is 210 g/mol. The molecular formula is C12H22N2O.